The fraction of sp³-hybridized carbons (Fsp3) is 0.316. The molecule has 23 heavy (non-hydrogen) atoms. The highest BCUT2D eigenvalue weighted by Gasteiger charge is 2.24. The van der Waals surface area contributed by atoms with Crippen LogP contribution in [0, 0.1) is 5.92 Å². The predicted molar refractivity (Wildman–Crippen MR) is 86.5 cm³/mol. The number of methoxy groups -OCH3 is 1. The minimum absolute atomic E-state index is 0.107. The molecule has 3 rings (SSSR count). The van der Waals surface area contributed by atoms with Crippen molar-refractivity contribution in [3.8, 4) is 11.5 Å². The molecule has 1 aliphatic rings. The van der Waals surface area contributed by atoms with Gasteiger partial charge in [0, 0.05) is 5.92 Å². The van der Waals surface area contributed by atoms with Crippen molar-refractivity contribution >= 4 is 5.97 Å². The van der Waals surface area contributed by atoms with E-state index in [2.05, 4.69) is 0 Å². The highest BCUT2D eigenvalue weighted by atomic mass is 16.6. The molecule has 2 aromatic rings. The molecule has 0 bridgehead atoms. The molecular formula is C19H20O4. The smallest absolute Gasteiger partial charge is 0.306 e. The third kappa shape index (κ3) is 4.03. The first kappa shape index (κ1) is 15.4. The zero-order valence-corrected chi connectivity index (χ0v) is 13.2. The molecule has 4 nitrogen and oxygen atoms in total. The van der Waals surface area contributed by atoms with Crippen molar-refractivity contribution in [1.29, 1.82) is 0 Å². The van der Waals surface area contributed by atoms with Crippen LogP contribution >= 0.6 is 0 Å². The van der Waals surface area contributed by atoms with Crippen molar-refractivity contribution in [2.24, 2.45) is 5.92 Å². The molecule has 1 atom stereocenters. The number of benzene rings is 2. The van der Waals surface area contributed by atoms with Gasteiger partial charge < -0.3 is 14.2 Å². The molecular weight excluding hydrogens is 294 g/mol. The zero-order valence-electron chi connectivity index (χ0n) is 13.2. The summed E-state index contributed by atoms with van der Waals surface area (Å²) in [5.74, 6) is 1.58. The number of rotatable bonds is 6. The summed E-state index contributed by atoms with van der Waals surface area (Å²) in [5, 5.41) is 0. The van der Waals surface area contributed by atoms with Gasteiger partial charge in [0.05, 0.1) is 20.1 Å². The second-order valence-corrected chi connectivity index (χ2v) is 5.72. The van der Waals surface area contributed by atoms with Crippen LogP contribution in [-0.4, -0.2) is 19.7 Å². The molecule has 0 N–H and O–H groups in total. The first-order valence-electron chi connectivity index (χ1n) is 7.74. The van der Waals surface area contributed by atoms with Gasteiger partial charge in [-0.25, -0.2) is 0 Å². The van der Waals surface area contributed by atoms with Gasteiger partial charge in [0.2, 0.25) is 0 Å². The summed E-state index contributed by atoms with van der Waals surface area (Å²) in [4.78, 5) is 11.2. The third-order valence-corrected chi connectivity index (χ3v) is 3.92. The van der Waals surface area contributed by atoms with E-state index in [1.807, 2.05) is 48.5 Å². The van der Waals surface area contributed by atoms with E-state index >= 15 is 0 Å². The summed E-state index contributed by atoms with van der Waals surface area (Å²) in [6.45, 7) is 1.01. The molecule has 1 fully saturated rings. The van der Waals surface area contributed by atoms with Gasteiger partial charge in [-0.1, -0.05) is 36.4 Å². The van der Waals surface area contributed by atoms with Crippen LogP contribution in [0.15, 0.2) is 48.5 Å². The van der Waals surface area contributed by atoms with Crippen LogP contribution in [-0.2, 0) is 22.6 Å². The largest absolute Gasteiger partial charge is 0.493 e. The number of carbonyl (C=O) groups is 1. The zero-order chi connectivity index (χ0) is 16.1. The first-order valence-corrected chi connectivity index (χ1v) is 7.74. The molecule has 0 amide bonds. The van der Waals surface area contributed by atoms with Gasteiger partial charge in [-0.2, -0.15) is 0 Å². The number of esters is 1. The maximum absolute atomic E-state index is 11.2. The molecule has 0 saturated carbocycles. The van der Waals surface area contributed by atoms with E-state index in [1.54, 1.807) is 7.11 Å². The van der Waals surface area contributed by atoms with E-state index in [1.165, 1.54) is 0 Å². The highest BCUT2D eigenvalue weighted by Crippen LogP contribution is 2.30. The Balaban J connectivity index is 1.65. The fourth-order valence-electron chi connectivity index (χ4n) is 2.72. The quantitative estimate of drug-likeness (QED) is 0.606. The van der Waals surface area contributed by atoms with Crippen LogP contribution in [0.3, 0.4) is 0 Å². The van der Waals surface area contributed by atoms with Gasteiger partial charge in [-0.15, -0.1) is 0 Å². The lowest BCUT2D eigenvalue weighted by atomic mass is 10.1. The van der Waals surface area contributed by atoms with Crippen molar-refractivity contribution < 1.29 is 19.0 Å². The van der Waals surface area contributed by atoms with Gasteiger partial charge in [0.1, 0.15) is 6.61 Å². The van der Waals surface area contributed by atoms with Crippen LogP contribution in [0.2, 0.25) is 0 Å². The normalized spacial score (nSPS) is 16.9. The summed E-state index contributed by atoms with van der Waals surface area (Å²) in [5.41, 5.74) is 2.23. The highest BCUT2D eigenvalue weighted by molar-refractivity contribution is 5.71. The van der Waals surface area contributed by atoms with Crippen molar-refractivity contribution in [2.75, 3.05) is 13.7 Å². The molecule has 0 aliphatic carbocycles. The van der Waals surface area contributed by atoms with Crippen LogP contribution in [0.5, 0.6) is 11.5 Å². The maximum atomic E-state index is 11.2. The van der Waals surface area contributed by atoms with E-state index in [9.17, 15) is 4.79 Å². The third-order valence-electron chi connectivity index (χ3n) is 3.92. The maximum Gasteiger partial charge on any atom is 0.306 e. The molecule has 4 heteroatoms. The van der Waals surface area contributed by atoms with Gasteiger partial charge in [0.25, 0.3) is 0 Å². The lowest BCUT2D eigenvalue weighted by Gasteiger charge is -2.13. The fourth-order valence-corrected chi connectivity index (χ4v) is 2.72. The second-order valence-electron chi connectivity index (χ2n) is 5.72. The van der Waals surface area contributed by atoms with Crippen molar-refractivity contribution in [2.45, 2.75) is 19.4 Å². The summed E-state index contributed by atoms with van der Waals surface area (Å²) >= 11 is 0. The van der Waals surface area contributed by atoms with Gasteiger partial charge in [0.15, 0.2) is 11.5 Å². The topological polar surface area (TPSA) is 44.8 Å². The number of hydrogen-bond donors (Lipinski definition) is 0. The van der Waals surface area contributed by atoms with Gasteiger partial charge in [-0.05, 0) is 29.7 Å². The number of carbonyl (C=O) groups excluding carboxylic acids is 1. The molecule has 1 heterocycles. The number of ether oxygens (including phenoxy) is 3. The Morgan fingerprint density at radius 2 is 1.91 bits per heavy atom. The molecule has 120 valence electrons. The number of cyclic esters (lactones) is 1. The monoisotopic (exact) mass is 314 g/mol. The van der Waals surface area contributed by atoms with E-state index in [0.717, 1.165) is 23.3 Å². The second kappa shape index (κ2) is 7.18. The molecule has 1 unspecified atom stereocenters. The minimum Gasteiger partial charge on any atom is -0.493 e. The van der Waals surface area contributed by atoms with Gasteiger partial charge >= 0.3 is 5.97 Å². The summed E-state index contributed by atoms with van der Waals surface area (Å²) in [6, 6.07) is 15.9. The van der Waals surface area contributed by atoms with E-state index in [4.69, 9.17) is 14.2 Å². The molecule has 0 radical (unpaired) electrons. The molecule has 1 aliphatic heterocycles. The Kier molecular flexibility index (Phi) is 4.81. The molecule has 0 spiro atoms. The SMILES string of the molecule is COc1cc([13CH2]C2CO[13C](=O)C2)ccc1OCc1ccccc1. The van der Waals surface area contributed by atoms with Crippen molar-refractivity contribution in [3.05, 3.63) is 59.7 Å². The Morgan fingerprint density at radius 1 is 1.09 bits per heavy atom. The van der Waals surface area contributed by atoms with E-state index in [-0.39, 0.29) is 11.9 Å². The average Bonchev–Trinajstić information content (AvgIpc) is 2.99. The summed E-state index contributed by atoms with van der Waals surface area (Å²) < 4.78 is 16.3. The summed E-state index contributed by atoms with van der Waals surface area (Å²) in [7, 11) is 1.64. The standard InChI is InChI=1S/C19H20O4/c1-21-18-10-15(9-16-11-19(20)23-13-16)7-8-17(18)22-12-14-5-3-2-4-6-14/h2-8,10,16H,9,11-13H2,1H3/i9+1,19+1. The molecule has 2 aromatic carbocycles. The van der Waals surface area contributed by atoms with Crippen molar-refractivity contribution in [3.63, 3.8) is 0 Å². The number of hydrogen-bond acceptors (Lipinski definition) is 4. The van der Waals surface area contributed by atoms with Gasteiger partial charge in [-0.3, -0.25) is 4.79 Å². The lowest BCUT2D eigenvalue weighted by molar-refractivity contribution is -0.137. The van der Waals surface area contributed by atoms with E-state index < -0.39 is 0 Å². The van der Waals surface area contributed by atoms with Crippen LogP contribution in [0.4, 0.5) is 0 Å². The molecule has 0 aromatic heterocycles. The molecule has 1 saturated heterocycles. The minimum atomic E-state index is -0.107. The Bertz CT molecular complexity index is 666. The van der Waals surface area contributed by atoms with E-state index in [0.29, 0.717) is 25.4 Å². The Morgan fingerprint density at radius 3 is 2.61 bits per heavy atom. The van der Waals surface area contributed by atoms with Crippen LogP contribution in [0.25, 0.3) is 0 Å². The van der Waals surface area contributed by atoms with Crippen LogP contribution in [0.1, 0.15) is 17.5 Å². The Labute approximate surface area is 136 Å². The lowest BCUT2D eigenvalue weighted by Crippen LogP contribution is -2.04. The predicted octanol–water partition coefficient (Wildman–Crippen LogP) is 3.38. The van der Waals surface area contributed by atoms with Crippen LogP contribution < -0.4 is 9.47 Å². The summed E-state index contributed by atoms with van der Waals surface area (Å²) in [6.07, 6.45) is 1.30. The first-order chi connectivity index (χ1) is 11.2. The Hall–Kier alpha value is -2.49. The average molecular weight is 314 g/mol. The van der Waals surface area contributed by atoms with Crippen molar-refractivity contribution in [1.82, 2.24) is 0 Å².